The van der Waals surface area contributed by atoms with Gasteiger partial charge >= 0.3 is 0 Å². The summed E-state index contributed by atoms with van der Waals surface area (Å²) in [4.78, 5) is 0. The fraction of sp³-hybridized carbons (Fsp3) is 1.00. The highest BCUT2D eigenvalue weighted by atomic mass is 16.5. The molecule has 0 bridgehead atoms. The number of ether oxygens (including phenoxy) is 1. The van der Waals surface area contributed by atoms with Gasteiger partial charge in [-0.2, -0.15) is 0 Å². The molecule has 2 nitrogen and oxygen atoms in total. The van der Waals surface area contributed by atoms with E-state index in [1.54, 1.807) is 7.11 Å². The van der Waals surface area contributed by atoms with Crippen LogP contribution in [0.15, 0.2) is 0 Å². The van der Waals surface area contributed by atoms with Crippen LogP contribution < -0.4 is 5.32 Å². The summed E-state index contributed by atoms with van der Waals surface area (Å²) in [6.07, 6.45) is 5.38. The summed E-state index contributed by atoms with van der Waals surface area (Å²) < 4.78 is 5.13. The lowest BCUT2D eigenvalue weighted by atomic mass is 9.75. The zero-order valence-electron chi connectivity index (χ0n) is 10.1. The number of methoxy groups -OCH3 is 1. The van der Waals surface area contributed by atoms with Crippen molar-refractivity contribution in [2.75, 3.05) is 13.7 Å². The van der Waals surface area contributed by atoms with Crippen LogP contribution in [0, 0.1) is 5.41 Å². The Bertz CT molecular complexity index is 168. The fourth-order valence-corrected chi connectivity index (χ4v) is 2.54. The smallest absolute Gasteiger partial charge is 0.0613 e. The fourth-order valence-electron chi connectivity index (χ4n) is 2.54. The molecule has 2 heteroatoms. The van der Waals surface area contributed by atoms with Crippen molar-refractivity contribution >= 4 is 0 Å². The van der Waals surface area contributed by atoms with Crippen molar-refractivity contribution in [3.63, 3.8) is 0 Å². The third kappa shape index (κ3) is 3.97. The van der Waals surface area contributed by atoms with Crippen molar-refractivity contribution in [3.8, 4) is 0 Å². The molecule has 0 aromatic rings. The molecule has 0 aromatic carbocycles. The molecule has 1 rings (SSSR count). The van der Waals surface area contributed by atoms with Crippen LogP contribution in [-0.2, 0) is 4.74 Å². The van der Waals surface area contributed by atoms with Crippen molar-refractivity contribution in [2.45, 2.75) is 58.5 Å². The van der Waals surface area contributed by atoms with Crippen molar-refractivity contribution in [3.05, 3.63) is 0 Å². The Labute approximate surface area is 88.4 Å². The van der Waals surface area contributed by atoms with Gasteiger partial charge in [0, 0.05) is 19.2 Å². The molecule has 1 aliphatic carbocycles. The first kappa shape index (κ1) is 12.0. The molecule has 0 amide bonds. The summed E-state index contributed by atoms with van der Waals surface area (Å²) >= 11 is 0. The zero-order valence-corrected chi connectivity index (χ0v) is 10.1. The summed E-state index contributed by atoms with van der Waals surface area (Å²) in [5.41, 5.74) is 0.530. The Morgan fingerprint density at radius 3 is 2.79 bits per heavy atom. The Morgan fingerprint density at radius 2 is 2.21 bits per heavy atom. The first-order valence-electron chi connectivity index (χ1n) is 5.78. The van der Waals surface area contributed by atoms with Crippen LogP contribution in [0.1, 0.15) is 46.5 Å². The summed E-state index contributed by atoms with van der Waals surface area (Å²) in [7, 11) is 1.77. The minimum absolute atomic E-state index is 0.485. The first-order valence-corrected chi connectivity index (χ1v) is 5.78. The molecule has 2 atom stereocenters. The standard InChI is InChI=1S/C12H25NO/c1-10(9-14-4)13-11-6-5-7-12(2,3)8-11/h10-11,13H,5-9H2,1-4H3. The maximum Gasteiger partial charge on any atom is 0.0613 e. The van der Waals surface area contributed by atoms with E-state index in [2.05, 4.69) is 26.1 Å². The lowest BCUT2D eigenvalue weighted by Crippen LogP contribution is -2.43. The van der Waals surface area contributed by atoms with E-state index in [-0.39, 0.29) is 0 Å². The molecule has 1 fully saturated rings. The molecule has 0 aromatic heterocycles. The second-order valence-corrected chi connectivity index (χ2v) is 5.48. The van der Waals surface area contributed by atoms with Crippen molar-refractivity contribution in [1.29, 1.82) is 0 Å². The lowest BCUT2D eigenvalue weighted by Gasteiger charge is -2.37. The van der Waals surface area contributed by atoms with E-state index in [0.717, 1.165) is 6.61 Å². The lowest BCUT2D eigenvalue weighted by molar-refractivity contribution is 0.142. The summed E-state index contributed by atoms with van der Waals surface area (Å²) in [6, 6.07) is 1.18. The Balaban J connectivity index is 2.30. The topological polar surface area (TPSA) is 21.3 Å². The van der Waals surface area contributed by atoms with E-state index in [0.29, 0.717) is 17.5 Å². The van der Waals surface area contributed by atoms with E-state index < -0.39 is 0 Å². The van der Waals surface area contributed by atoms with Crippen LogP contribution >= 0.6 is 0 Å². The van der Waals surface area contributed by atoms with E-state index in [1.807, 2.05) is 0 Å². The molecular weight excluding hydrogens is 174 g/mol. The monoisotopic (exact) mass is 199 g/mol. The second-order valence-electron chi connectivity index (χ2n) is 5.48. The number of hydrogen-bond acceptors (Lipinski definition) is 2. The predicted octanol–water partition coefficient (Wildman–Crippen LogP) is 2.58. The molecule has 0 heterocycles. The largest absolute Gasteiger partial charge is 0.383 e. The van der Waals surface area contributed by atoms with Gasteiger partial charge in [0.1, 0.15) is 0 Å². The first-order chi connectivity index (χ1) is 6.53. The third-order valence-electron chi connectivity index (χ3n) is 3.14. The van der Waals surface area contributed by atoms with Gasteiger partial charge in [-0.05, 0) is 31.6 Å². The maximum absolute atomic E-state index is 5.13. The Morgan fingerprint density at radius 1 is 1.50 bits per heavy atom. The van der Waals surface area contributed by atoms with Crippen molar-refractivity contribution in [1.82, 2.24) is 5.32 Å². The maximum atomic E-state index is 5.13. The van der Waals surface area contributed by atoms with Crippen LogP contribution in [0.4, 0.5) is 0 Å². The molecule has 84 valence electrons. The van der Waals surface area contributed by atoms with Gasteiger partial charge in [0.15, 0.2) is 0 Å². The molecule has 1 N–H and O–H groups in total. The molecule has 2 unspecified atom stereocenters. The van der Waals surface area contributed by atoms with Crippen molar-refractivity contribution in [2.24, 2.45) is 5.41 Å². The van der Waals surface area contributed by atoms with Gasteiger partial charge in [0.2, 0.25) is 0 Å². The molecule has 0 radical (unpaired) electrons. The molecule has 0 aliphatic heterocycles. The molecule has 0 saturated heterocycles. The van der Waals surface area contributed by atoms with Gasteiger partial charge in [0.25, 0.3) is 0 Å². The number of nitrogens with one attached hydrogen (secondary N) is 1. The second kappa shape index (κ2) is 5.13. The Hall–Kier alpha value is -0.0800. The average molecular weight is 199 g/mol. The SMILES string of the molecule is COCC(C)NC1CCCC(C)(C)C1. The van der Waals surface area contributed by atoms with Gasteiger partial charge in [-0.25, -0.2) is 0 Å². The highest BCUT2D eigenvalue weighted by Crippen LogP contribution is 2.35. The van der Waals surface area contributed by atoms with Gasteiger partial charge in [-0.3, -0.25) is 0 Å². The zero-order chi connectivity index (χ0) is 10.6. The Kier molecular flexibility index (Phi) is 4.39. The summed E-state index contributed by atoms with van der Waals surface area (Å²) in [5.74, 6) is 0. The highest BCUT2D eigenvalue weighted by Gasteiger charge is 2.28. The minimum Gasteiger partial charge on any atom is -0.383 e. The normalized spacial score (nSPS) is 28.7. The van der Waals surface area contributed by atoms with Crippen LogP contribution in [0.5, 0.6) is 0 Å². The highest BCUT2D eigenvalue weighted by molar-refractivity contribution is 4.84. The molecule has 1 saturated carbocycles. The molecule has 0 spiro atoms. The van der Waals surface area contributed by atoms with E-state index >= 15 is 0 Å². The van der Waals surface area contributed by atoms with Crippen molar-refractivity contribution < 1.29 is 4.74 Å². The third-order valence-corrected chi connectivity index (χ3v) is 3.14. The summed E-state index contributed by atoms with van der Waals surface area (Å²) in [5, 5.41) is 3.65. The van der Waals surface area contributed by atoms with Gasteiger partial charge in [-0.15, -0.1) is 0 Å². The number of rotatable bonds is 4. The van der Waals surface area contributed by atoms with E-state index in [9.17, 15) is 0 Å². The predicted molar refractivity (Wildman–Crippen MR) is 60.5 cm³/mol. The van der Waals surface area contributed by atoms with Gasteiger partial charge < -0.3 is 10.1 Å². The summed E-state index contributed by atoms with van der Waals surface area (Å²) in [6.45, 7) is 7.77. The van der Waals surface area contributed by atoms with Gasteiger partial charge in [0.05, 0.1) is 6.61 Å². The average Bonchev–Trinajstić information content (AvgIpc) is 2.02. The van der Waals surface area contributed by atoms with Crippen LogP contribution in [0.25, 0.3) is 0 Å². The van der Waals surface area contributed by atoms with Crippen LogP contribution in [0.2, 0.25) is 0 Å². The molecule has 1 aliphatic rings. The molecule has 14 heavy (non-hydrogen) atoms. The quantitative estimate of drug-likeness (QED) is 0.751. The van der Waals surface area contributed by atoms with E-state index in [1.165, 1.54) is 25.7 Å². The van der Waals surface area contributed by atoms with Gasteiger partial charge in [-0.1, -0.05) is 20.3 Å². The number of hydrogen-bond donors (Lipinski definition) is 1. The van der Waals surface area contributed by atoms with Crippen LogP contribution in [-0.4, -0.2) is 25.8 Å². The molecular formula is C12H25NO. The van der Waals surface area contributed by atoms with E-state index in [4.69, 9.17) is 4.74 Å². The minimum atomic E-state index is 0.485. The van der Waals surface area contributed by atoms with Crippen LogP contribution in [0.3, 0.4) is 0 Å².